The third-order valence-electron chi connectivity index (χ3n) is 4.31. The number of carbonyl (C=O) groups excluding carboxylic acids is 4. The number of nitrogens with two attached hydrogens (primary N) is 1. The number of nitrogens with zero attached hydrogens (tertiary/aromatic N) is 1. The van der Waals surface area contributed by atoms with E-state index < -0.39 is 35.3 Å². The van der Waals surface area contributed by atoms with Crippen LogP contribution < -0.4 is 20.5 Å². The van der Waals surface area contributed by atoms with Gasteiger partial charge in [-0.3, -0.25) is 24.1 Å². The van der Waals surface area contributed by atoms with E-state index in [1.165, 1.54) is 18.2 Å². The molecule has 178 valence electrons. The van der Waals surface area contributed by atoms with Gasteiger partial charge in [-0.1, -0.05) is 17.7 Å². The summed E-state index contributed by atoms with van der Waals surface area (Å²) in [6.45, 7) is 1.23. The molecular formula is C22H19ClFN3O6S. The fourth-order valence-electron chi connectivity index (χ4n) is 2.86. The van der Waals surface area contributed by atoms with Crippen LogP contribution in [0.4, 0.5) is 14.9 Å². The molecule has 34 heavy (non-hydrogen) atoms. The minimum atomic E-state index is -0.652. The Bertz CT molecular complexity index is 1190. The Kier molecular flexibility index (Phi) is 8.13. The number of thioether (sulfide) groups is 1. The minimum Gasteiger partial charge on any atom is -0.490 e. The molecule has 0 spiro atoms. The van der Waals surface area contributed by atoms with Crippen molar-refractivity contribution < 1.29 is 33.0 Å². The summed E-state index contributed by atoms with van der Waals surface area (Å²) in [5.74, 6) is -1.96. The number of carbonyl (C=O) groups is 4. The normalized spacial score (nSPS) is 14.4. The highest BCUT2D eigenvalue weighted by Crippen LogP contribution is 2.34. The number of amides is 4. The van der Waals surface area contributed by atoms with Gasteiger partial charge < -0.3 is 20.5 Å². The summed E-state index contributed by atoms with van der Waals surface area (Å²) in [5, 5.41) is 1.67. The third-order valence-corrected chi connectivity index (χ3v) is 5.51. The number of primary amides is 1. The number of hydrogen-bond donors (Lipinski definition) is 2. The molecule has 0 bridgehead atoms. The first-order valence-electron chi connectivity index (χ1n) is 9.86. The van der Waals surface area contributed by atoms with Crippen molar-refractivity contribution >= 4 is 58.1 Å². The Hall–Kier alpha value is -3.57. The molecule has 0 aliphatic carbocycles. The number of nitrogens with one attached hydrogen (secondary N) is 1. The van der Waals surface area contributed by atoms with Crippen molar-refractivity contribution in [3.8, 4) is 11.5 Å². The molecule has 1 saturated heterocycles. The quantitative estimate of drug-likeness (QED) is 0.498. The lowest BCUT2D eigenvalue weighted by molar-refractivity contribution is -0.127. The van der Waals surface area contributed by atoms with E-state index in [9.17, 15) is 23.6 Å². The van der Waals surface area contributed by atoms with Crippen LogP contribution in [0.2, 0.25) is 5.02 Å². The average molecular weight is 508 g/mol. The molecule has 0 atom stereocenters. The highest BCUT2D eigenvalue weighted by Gasteiger charge is 2.36. The van der Waals surface area contributed by atoms with Crippen molar-refractivity contribution in [2.45, 2.75) is 6.92 Å². The Morgan fingerprint density at radius 1 is 1.18 bits per heavy atom. The Labute approximate surface area is 203 Å². The fourth-order valence-corrected chi connectivity index (χ4v) is 3.88. The molecule has 3 N–H and O–H groups in total. The number of ether oxygens (including phenoxy) is 2. The largest absolute Gasteiger partial charge is 0.490 e. The minimum absolute atomic E-state index is 0.107. The summed E-state index contributed by atoms with van der Waals surface area (Å²) in [6.07, 6.45) is 1.48. The molecule has 0 radical (unpaired) electrons. The summed E-state index contributed by atoms with van der Waals surface area (Å²) in [6, 6.07) is 8.35. The van der Waals surface area contributed by atoms with E-state index in [1.54, 1.807) is 25.1 Å². The zero-order valence-electron chi connectivity index (χ0n) is 17.8. The summed E-state index contributed by atoms with van der Waals surface area (Å²) in [4.78, 5) is 49.2. The van der Waals surface area contributed by atoms with Crippen molar-refractivity contribution in [1.29, 1.82) is 0 Å². The maximum atomic E-state index is 13.3. The molecule has 1 aliphatic rings. The van der Waals surface area contributed by atoms with Crippen LogP contribution in [0.1, 0.15) is 12.5 Å². The predicted octanol–water partition coefficient (Wildman–Crippen LogP) is 3.42. The molecule has 0 unspecified atom stereocenters. The molecule has 4 amide bonds. The predicted molar refractivity (Wildman–Crippen MR) is 125 cm³/mol. The van der Waals surface area contributed by atoms with E-state index in [-0.39, 0.29) is 22.2 Å². The standard InChI is InChI=1S/C22H19ClFN3O6S/c1-2-32-17-7-12(3-6-16(17)33-11-19(25)28)8-18-21(30)27(22(31)34-18)10-20(29)26-13-4-5-15(24)14(23)9-13/h3-9H,2,10-11H2,1H3,(H2,25,28)(H,26,29)/b18-8-. The van der Waals surface area contributed by atoms with Gasteiger partial charge in [-0.15, -0.1) is 0 Å². The van der Waals surface area contributed by atoms with E-state index in [1.807, 2.05) is 0 Å². The zero-order valence-corrected chi connectivity index (χ0v) is 19.4. The highest BCUT2D eigenvalue weighted by atomic mass is 35.5. The highest BCUT2D eigenvalue weighted by molar-refractivity contribution is 8.18. The van der Waals surface area contributed by atoms with Gasteiger partial charge in [-0.25, -0.2) is 4.39 Å². The monoisotopic (exact) mass is 507 g/mol. The van der Waals surface area contributed by atoms with Gasteiger partial charge in [0.1, 0.15) is 12.4 Å². The van der Waals surface area contributed by atoms with Crippen LogP contribution in [0.5, 0.6) is 11.5 Å². The summed E-state index contributed by atoms with van der Waals surface area (Å²) < 4.78 is 24.1. The van der Waals surface area contributed by atoms with Crippen LogP contribution in [0.3, 0.4) is 0 Å². The van der Waals surface area contributed by atoms with E-state index in [4.69, 9.17) is 26.8 Å². The second kappa shape index (κ2) is 11.0. The molecule has 3 rings (SSSR count). The topological polar surface area (TPSA) is 128 Å². The molecule has 1 heterocycles. The van der Waals surface area contributed by atoms with Gasteiger partial charge in [-0.2, -0.15) is 0 Å². The SMILES string of the molecule is CCOc1cc(/C=C2\SC(=O)N(CC(=O)Nc3ccc(F)c(Cl)c3)C2=O)ccc1OCC(N)=O. The van der Waals surface area contributed by atoms with Gasteiger partial charge in [0.15, 0.2) is 18.1 Å². The number of halogens is 2. The molecule has 2 aromatic carbocycles. The van der Waals surface area contributed by atoms with Crippen LogP contribution in [0.15, 0.2) is 41.3 Å². The van der Waals surface area contributed by atoms with Crippen LogP contribution in [-0.4, -0.2) is 47.6 Å². The van der Waals surface area contributed by atoms with E-state index >= 15 is 0 Å². The van der Waals surface area contributed by atoms with Crippen molar-refractivity contribution in [2.24, 2.45) is 5.73 Å². The maximum absolute atomic E-state index is 13.3. The third kappa shape index (κ3) is 6.27. The number of benzene rings is 2. The first-order valence-corrected chi connectivity index (χ1v) is 11.1. The van der Waals surface area contributed by atoms with Crippen LogP contribution in [-0.2, 0) is 14.4 Å². The number of rotatable bonds is 9. The van der Waals surface area contributed by atoms with Crippen LogP contribution in [0, 0.1) is 5.82 Å². The summed E-state index contributed by atoms with van der Waals surface area (Å²) in [7, 11) is 0. The van der Waals surface area contributed by atoms with Crippen molar-refractivity contribution in [2.75, 3.05) is 25.1 Å². The number of anilines is 1. The average Bonchev–Trinajstić information content (AvgIpc) is 3.03. The smallest absolute Gasteiger partial charge is 0.294 e. The molecule has 1 fully saturated rings. The molecule has 9 nitrogen and oxygen atoms in total. The van der Waals surface area contributed by atoms with E-state index in [0.717, 1.165) is 11.0 Å². The first kappa shape index (κ1) is 25.1. The fraction of sp³-hybridized carbons (Fsp3) is 0.182. The van der Waals surface area contributed by atoms with E-state index in [2.05, 4.69) is 5.32 Å². The molecule has 2 aromatic rings. The molecule has 0 saturated carbocycles. The maximum Gasteiger partial charge on any atom is 0.294 e. The molecule has 1 aliphatic heterocycles. The van der Waals surface area contributed by atoms with Crippen molar-refractivity contribution in [3.05, 3.63) is 57.7 Å². The second-order valence-corrected chi connectivity index (χ2v) is 8.24. The zero-order chi connectivity index (χ0) is 24.8. The lowest BCUT2D eigenvalue weighted by atomic mass is 10.2. The first-order chi connectivity index (χ1) is 16.2. The van der Waals surface area contributed by atoms with Crippen molar-refractivity contribution in [3.63, 3.8) is 0 Å². The van der Waals surface area contributed by atoms with E-state index in [0.29, 0.717) is 35.4 Å². The summed E-state index contributed by atoms with van der Waals surface area (Å²) in [5.41, 5.74) is 5.85. The molecule has 0 aromatic heterocycles. The van der Waals surface area contributed by atoms with Gasteiger partial charge in [0.05, 0.1) is 16.5 Å². The Balaban J connectivity index is 1.72. The van der Waals surface area contributed by atoms with Gasteiger partial charge in [0.2, 0.25) is 5.91 Å². The van der Waals surface area contributed by atoms with Gasteiger partial charge in [0.25, 0.3) is 17.1 Å². The van der Waals surface area contributed by atoms with Gasteiger partial charge in [0, 0.05) is 5.69 Å². The Morgan fingerprint density at radius 3 is 2.62 bits per heavy atom. The second-order valence-electron chi connectivity index (χ2n) is 6.84. The van der Waals surface area contributed by atoms with Crippen LogP contribution in [0.25, 0.3) is 6.08 Å². The lowest BCUT2D eigenvalue weighted by Gasteiger charge is -2.13. The van der Waals surface area contributed by atoms with Gasteiger partial charge >= 0.3 is 0 Å². The number of imide groups is 1. The number of hydrogen-bond acceptors (Lipinski definition) is 7. The molecule has 12 heteroatoms. The van der Waals surface area contributed by atoms with Gasteiger partial charge in [-0.05, 0) is 60.7 Å². The summed E-state index contributed by atoms with van der Waals surface area (Å²) >= 11 is 6.37. The molecular weight excluding hydrogens is 489 g/mol. The van der Waals surface area contributed by atoms with Crippen molar-refractivity contribution in [1.82, 2.24) is 4.90 Å². The lowest BCUT2D eigenvalue weighted by Crippen LogP contribution is -2.36. The Morgan fingerprint density at radius 2 is 1.94 bits per heavy atom. The van der Waals surface area contributed by atoms with Crippen LogP contribution >= 0.6 is 23.4 Å².